The van der Waals surface area contributed by atoms with Gasteiger partial charge in [-0.3, -0.25) is 14.4 Å². The van der Waals surface area contributed by atoms with Crippen LogP contribution in [0.15, 0.2) is 41.8 Å². The van der Waals surface area contributed by atoms with E-state index in [1.165, 1.54) is 22.5 Å². The Kier molecular flexibility index (Phi) is 6.81. The highest BCUT2D eigenvalue weighted by Gasteiger charge is 2.24. The van der Waals surface area contributed by atoms with Gasteiger partial charge < -0.3 is 14.5 Å². The molecule has 2 amide bonds. The van der Waals surface area contributed by atoms with Crippen molar-refractivity contribution in [2.45, 2.75) is 32.4 Å². The number of methoxy groups -OCH3 is 1. The molecule has 1 aliphatic rings. The second-order valence-corrected chi connectivity index (χ2v) is 7.75. The number of nitrogens with zero attached hydrogens (tertiary/aromatic N) is 2. The van der Waals surface area contributed by atoms with Gasteiger partial charge in [-0.1, -0.05) is 30.3 Å². The molecular formula is C21H24N2O4S. The summed E-state index contributed by atoms with van der Waals surface area (Å²) in [4.78, 5) is 41.6. The summed E-state index contributed by atoms with van der Waals surface area (Å²) >= 11 is 1.73. The van der Waals surface area contributed by atoms with Crippen LogP contribution < -0.4 is 0 Å². The molecular weight excluding hydrogens is 376 g/mol. The molecule has 1 aromatic carbocycles. The monoisotopic (exact) mass is 400 g/mol. The summed E-state index contributed by atoms with van der Waals surface area (Å²) in [5.41, 5.74) is 2.12. The first-order valence-corrected chi connectivity index (χ1v) is 10.2. The average Bonchev–Trinajstić information content (AvgIpc) is 3.19. The molecule has 7 heteroatoms. The zero-order valence-corrected chi connectivity index (χ0v) is 16.7. The molecule has 148 valence electrons. The number of amides is 2. The molecule has 0 bridgehead atoms. The topological polar surface area (TPSA) is 66.9 Å². The lowest BCUT2D eigenvalue weighted by Crippen LogP contribution is -2.38. The van der Waals surface area contributed by atoms with Gasteiger partial charge in [-0.05, 0) is 29.0 Å². The van der Waals surface area contributed by atoms with E-state index in [0.29, 0.717) is 19.6 Å². The summed E-state index contributed by atoms with van der Waals surface area (Å²) in [6.07, 6.45) is 1.09. The molecule has 0 radical (unpaired) electrons. The lowest BCUT2D eigenvalue weighted by atomic mass is 10.1. The van der Waals surface area contributed by atoms with Crippen LogP contribution in [-0.2, 0) is 38.6 Å². The maximum atomic E-state index is 12.7. The number of hydrogen-bond acceptors (Lipinski definition) is 5. The first-order chi connectivity index (χ1) is 13.6. The molecule has 1 aromatic heterocycles. The number of carbonyl (C=O) groups excluding carboxylic acids is 3. The third-order valence-electron chi connectivity index (χ3n) is 4.83. The van der Waals surface area contributed by atoms with Crippen molar-refractivity contribution >= 4 is 29.1 Å². The van der Waals surface area contributed by atoms with Gasteiger partial charge in [0.1, 0.15) is 6.54 Å². The Labute approximate surface area is 168 Å². The Morgan fingerprint density at radius 1 is 1.14 bits per heavy atom. The quantitative estimate of drug-likeness (QED) is 0.670. The molecule has 0 fully saturated rings. The fraction of sp³-hybridized carbons (Fsp3) is 0.381. The van der Waals surface area contributed by atoms with Gasteiger partial charge in [-0.15, -0.1) is 11.3 Å². The highest BCUT2D eigenvalue weighted by Crippen LogP contribution is 2.24. The van der Waals surface area contributed by atoms with E-state index in [1.807, 2.05) is 35.2 Å². The molecule has 0 saturated carbocycles. The van der Waals surface area contributed by atoms with Crippen LogP contribution in [-0.4, -0.2) is 47.8 Å². The van der Waals surface area contributed by atoms with Crippen LogP contribution in [0.3, 0.4) is 0 Å². The first-order valence-electron chi connectivity index (χ1n) is 9.28. The predicted octanol–water partition coefficient (Wildman–Crippen LogP) is 2.61. The predicted molar refractivity (Wildman–Crippen MR) is 107 cm³/mol. The second kappa shape index (κ2) is 9.50. The minimum absolute atomic E-state index is 0.0251. The maximum absolute atomic E-state index is 12.7. The smallest absolute Gasteiger partial charge is 0.325 e. The number of carbonyl (C=O) groups is 3. The zero-order chi connectivity index (χ0) is 19.9. The third kappa shape index (κ3) is 5.19. The number of ether oxygens (including phenoxy) is 1. The lowest BCUT2D eigenvalue weighted by molar-refractivity contribution is -0.147. The van der Waals surface area contributed by atoms with Crippen LogP contribution in [0.1, 0.15) is 28.8 Å². The van der Waals surface area contributed by atoms with E-state index in [2.05, 4.69) is 11.4 Å². The second-order valence-electron chi connectivity index (χ2n) is 6.75. The molecule has 6 nitrogen and oxygen atoms in total. The van der Waals surface area contributed by atoms with Crippen LogP contribution in [0.2, 0.25) is 0 Å². The molecule has 3 rings (SSSR count). The summed E-state index contributed by atoms with van der Waals surface area (Å²) in [7, 11) is 1.30. The molecule has 0 aliphatic carbocycles. The van der Waals surface area contributed by atoms with E-state index in [1.54, 1.807) is 11.3 Å². The van der Waals surface area contributed by atoms with Gasteiger partial charge >= 0.3 is 5.97 Å². The van der Waals surface area contributed by atoms with Gasteiger partial charge in [0.2, 0.25) is 11.8 Å². The van der Waals surface area contributed by atoms with E-state index in [0.717, 1.165) is 12.0 Å². The Hall–Kier alpha value is -2.67. The average molecular weight is 401 g/mol. The Bertz CT molecular complexity index is 834. The molecule has 0 spiro atoms. The SMILES string of the molecule is COC(=O)CN(Cc1ccccc1)C(=O)CCC(=O)N1CCc2sccc2C1. The summed E-state index contributed by atoms with van der Waals surface area (Å²) in [6.45, 7) is 1.49. The van der Waals surface area contributed by atoms with Gasteiger partial charge in [-0.2, -0.15) is 0 Å². The van der Waals surface area contributed by atoms with E-state index in [9.17, 15) is 14.4 Å². The standard InChI is InChI=1S/C21H24N2O4S/c1-27-21(26)15-23(13-16-5-3-2-4-6-16)20(25)8-7-19(24)22-11-9-18-17(14-22)10-12-28-18/h2-6,10,12H,7-9,11,13-15H2,1H3. The highest BCUT2D eigenvalue weighted by molar-refractivity contribution is 7.10. The first kappa shape index (κ1) is 20.1. The molecule has 1 aliphatic heterocycles. The number of esters is 1. The van der Waals surface area contributed by atoms with Crippen molar-refractivity contribution in [3.8, 4) is 0 Å². The van der Waals surface area contributed by atoms with Gasteiger partial charge in [0.15, 0.2) is 0 Å². The van der Waals surface area contributed by atoms with Crippen LogP contribution in [0.5, 0.6) is 0 Å². The van der Waals surface area contributed by atoms with Crippen LogP contribution in [0, 0.1) is 0 Å². The van der Waals surface area contributed by atoms with Gasteiger partial charge in [0, 0.05) is 37.4 Å². The van der Waals surface area contributed by atoms with E-state index in [-0.39, 0.29) is 31.2 Å². The van der Waals surface area contributed by atoms with Crippen LogP contribution >= 0.6 is 11.3 Å². The molecule has 0 unspecified atom stereocenters. The van der Waals surface area contributed by atoms with Crippen LogP contribution in [0.4, 0.5) is 0 Å². The maximum Gasteiger partial charge on any atom is 0.325 e. The van der Waals surface area contributed by atoms with Crippen molar-refractivity contribution in [1.82, 2.24) is 9.80 Å². The Balaban J connectivity index is 1.56. The minimum atomic E-state index is -0.475. The lowest BCUT2D eigenvalue weighted by Gasteiger charge is -2.27. The van der Waals surface area contributed by atoms with Crippen molar-refractivity contribution in [2.75, 3.05) is 20.2 Å². The van der Waals surface area contributed by atoms with Gasteiger partial charge in [0.05, 0.1) is 7.11 Å². The number of benzene rings is 1. The molecule has 28 heavy (non-hydrogen) atoms. The fourth-order valence-electron chi connectivity index (χ4n) is 3.25. The molecule has 0 atom stereocenters. The molecule has 2 aromatic rings. The van der Waals surface area contributed by atoms with Gasteiger partial charge in [0.25, 0.3) is 0 Å². The van der Waals surface area contributed by atoms with E-state index >= 15 is 0 Å². The summed E-state index contributed by atoms with van der Waals surface area (Å²) in [6, 6.07) is 11.5. The number of rotatable bonds is 7. The number of fused-ring (bicyclic) bond motifs is 1. The molecule has 2 heterocycles. The summed E-state index contributed by atoms with van der Waals surface area (Å²) < 4.78 is 4.71. The third-order valence-corrected chi connectivity index (χ3v) is 5.85. The van der Waals surface area contributed by atoms with Crippen molar-refractivity contribution in [1.29, 1.82) is 0 Å². The number of hydrogen-bond donors (Lipinski definition) is 0. The minimum Gasteiger partial charge on any atom is -0.468 e. The van der Waals surface area contributed by atoms with E-state index < -0.39 is 5.97 Å². The largest absolute Gasteiger partial charge is 0.468 e. The molecule has 0 N–H and O–H groups in total. The van der Waals surface area contributed by atoms with E-state index in [4.69, 9.17) is 4.74 Å². The van der Waals surface area contributed by atoms with Crippen molar-refractivity contribution in [2.24, 2.45) is 0 Å². The van der Waals surface area contributed by atoms with Gasteiger partial charge in [-0.25, -0.2) is 0 Å². The fourth-order valence-corrected chi connectivity index (χ4v) is 4.14. The normalized spacial score (nSPS) is 13.0. The van der Waals surface area contributed by atoms with Crippen LogP contribution in [0.25, 0.3) is 0 Å². The Morgan fingerprint density at radius 3 is 2.68 bits per heavy atom. The van der Waals surface area contributed by atoms with Crippen molar-refractivity contribution < 1.29 is 19.1 Å². The number of thiophene rings is 1. The van der Waals surface area contributed by atoms with Crippen molar-refractivity contribution in [3.05, 3.63) is 57.8 Å². The highest BCUT2D eigenvalue weighted by atomic mass is 32.1. The summed E-state index contributed by atoms with van der Waals surface area (Å²) in [5.74, 6) is -0.726. The van der Waals surface area contributed by atoms with Crippen molar-refractivity contribution in [3.63, 3.8) is 0 Å². The zero-order valence-electron chi connectivity index (χ0n) is 15.9. The summed E-state index contributed by atoms with van der Waals surface area (Å²) in [5, 5.41) is 2.05. The molecule has 0 saturated heterocycles. The Morgan fingerprint density at radius 2 is 1.93 bits per heavy atom.